The number of carbonyl (C=O) groups excluding carboxylic acids is 2. The predicted octanol–water partition coefficient (Wildman–Crippen LogP) is 10.6. The number of hydrogen-bond acceptors (Lipinski definition) is 4. The van der Waals surface area contributed by atoms with Gasteiger partial charge in [0.2, 0.25) is 11.8 Å². The third-order valence-electron chi connectivity index (χ3n) is 13.4. The monoisotopic (exact) mass is 842 g/mol. The molecule has 8 aromatic carbocycles. The molecule has 1 aliphatic carbocycles. The Bertz CT molecular complexity index is 2560. The summed E-state index contributed by atoms with van der Waals surface area (Å²) in [4.78, 5) is 31.0. The maximum absolute atomic E-state index is 15.5. The first-order valence-electron chi connectivity index (χ1n) is 22.4. The molecule has 64 heavy (non-hydrogen) atoms. The molecule has 0 saturated heterocycles. The highest BCUT2D eigenvalue weighted by molar-refractivity contribution is 6.06. The van der Waals surface area contributed by atoms with Gasteiger partial charge < -0.3 is 20.8 Å². The van der Waals surface area contributed by atoms with Crippen molar-refractivity contribution in [2.45, 2.75) is 68.2 Å². The molecule has 8 aromatic rings. The van der Waals surface area contributed by atoms with Crippen LogP contribution in [0, 0.1) is 5.41 Å². The number of amides is 2. The van der Waals surface area contributed by atoms with Gasteiger partial charge in [-0.25, -0.2) is 0 Å². The summed E-state index contributed by atoms with van der Waals surface area (Å²) in [5.74, 6) is -0.889. The second-order valence-corrected chi connectivity index (χ2v) is 17.7. The molecular weight excluding hydrogens is 789 g/mol. The summed E-state index contributed by atoms with van der Waals surface area (Å²) in [5, 5.41) is 37.3. The fourth-order valence-corrected chi connectivity index (χ4v) is 9.96. The van der Waals surface area contributed by atoms with Crippen LogP contribution in [0.4, 0.5) is 0 Å². The molecule has 0 radical (unpaired) electrons. The van der Waals surface area contributed by atoms with Gasteiger partial charge in [0, 0.05) is 25.7 Å². The normalized spacial score (nSPS) is 14.6. The standard InChI is InChI=1S/C58H54N2O4/c61-54(59-52(50-34-17-30-46-28-13-15-32-48(46)50)57(63,38-42-20-5-1-6-21-42)39-43-22-7-2-8-23-43)56(36-19-37-56)55(62)60-53(51-35-18-31-47-29-14-16-33-49(47)51)58(64,40-44-24-9-3-10-25-44)41-45-26-11-4-12-27-45/h1-18,20-35,52-53,63-64H,19,36-41H2,(H,59,61)(H,60,62)/t52-,53-/m0/s1. The van der Waals surface area contributed by atoms with Crippen molar-refractivity contribution in [2.75, 3.05) is 0 Å². The second kappa shape index (κ2) is 18.5. The molecule has 1 fully saturated rings. The number of aliphatic hydroxyl groups is 2. The Morgan fingerprint density at radius 1 is 0.422 bits per heavy atom. The fourth-order valence-electron chi connectivity index (χ4n) is 9.96. The van der Waals surface area contributed by atoms with Gasteiger partial charge in [-0.15, -0.1) is 0 Å². The van der Waals surface area contributed by atoms with Crippen molar-refractivity contribution < 1.29 is 19.8 Å². The SMILES string of the molecule is O=C(N[C@@H](c1cccc2ccccc12)C(O)(Cc1ccccc1)Cc1ccccc1)C1(C(=O)N[C@@H](c2cccc3ccccc23)C(O)(Cc2ccccc2)Cc2ccccc2)CCC1. The van der Waals surface area contributed by atoms with Crippen LogP contribution < -0.4 is 10.6 Å². The minimum absolute atomic E-state index is 0.241. The zero-order valence-corrected chi connectivity index (χ0v) is 35.9. The number of benzene rings is 8. The Hall–Kier alpha value is -6.86. The molecule has 6 heteroatoms. The van der Waals surface area contributed by atoms with Crippen LogP contribution in [0.2, 0.25) is 0 Å². The molecule has 0 aromatic heterocycles. The van der Waals surface area contributed by atoms with Gasteiger partial charge in [-0.05, 0) is 67.8 Å². The van der Waals surface area contributed by atoms with Gasteiger partial charge in [-0.1, -0.05) is 213 Å². The summed E-state index contributed by atoms with van der Waals surface area (Å²) in [6.45, 7) is 0. The van der Waals surface area contributed by atoms with Crippen LogP contribution in [0.15, 0.2) is 206 Å². The van der Waals surface area contributed by atoms with E-state index in [0.717, 1.165) is 54.9 Å². The Kier molecular flexibility index (Phi) is 12.2. The highest BCUT2D eigenvalue weighted by Crippen LogP contribution is 2.46. The second-order valence-electron chi connectivity index (χ2n) is 17.7. The van der Waals surface area contributed by atoms with Gasteiger partial charge in [0.05, 0.1) is 23.3 Å². The fraction of sp³-hybridized carbons (Fsp3) is 0.207. The molecule has 0 heterocycles. The van der Waals surface area contributed by atoms with Crippen LogP contribution in [0.25, 0.3) is 21.5 Å². The van der Waals surface area contributed by atoms with Gasteiger partial charge in [-0.2, -0.15) is 0 Å². The Balaban J connectivity index is 1.14. The van der Waals surface area contributed by atoms with E-state index in [4.69, 9.17) is 0 Å². The quantitative estimate of drug-likeness (QED) is 0.0728. The maximum atomic E-state index is 15.5. The zero-order chi connectivity index (χ0) is 44.0. The van der Waals surface area contributed by atoms with Gasteiger partial charge in [0.15, 0.2) is 0 Å². The molecule has 1 aliphatic rings. The van der Waals surface area contributed by atoms with Crippen LogP contribution in [-0.4, -0.2) is 33.2 Å². The zero-order valence-electron chi connectivity index (χ0n) is 35.9. The molecule has 0 unspecified atom stereocenters. The first kappa shape index (κ1) is 42.4. The molecule has 2 atom stereocenters. The Morgan fingerprint density at radius 3 is 1.03 bits per heavy atom. The van der Waals surface area contributed by atoms with Gasteiger partial charge in [-0.3, -0.25) is 9.59 Å². The third kappa shape index (κ3) is 8.85. The van der Waals surface area contributed by atoms with Crippen LogP contribution in [0.1, 0.15) is 64.7 Å². The molecule has 2 amide bonds. The maximum Gasteiger partial charge on any atom is 0.236 e. The van der Waals surface area contributed by atoms with Crippen molar-refractivity contribution in [3.05, 3.63) is 240 Å². The topological polar surface area (TPSA) is 98.7 Å². The lowest BCUT2D eigenvalue weighted by molar-refractivity contribution is -0.153. The summed E-state index contributed by atoms with van der Waals surface area (Å²) in [5.41, 5.74) is 0.704. The van der Waals surface area contributed by atoms with E-state index in [2.05, 4.69) is 10.6 Å². The first-order chi connectivity index (χ1) is 31.2. The smallest absolute Gasteiger partial charge is 0.236 e. The van der Waals surface area contributed by atoms with Crippen LogP contribution in [-0.2, 0) is 35.3 Å². The van der Waals surface area contributed by atoms with E-state index in [1.807, 2.05) is 206 Å². The molecule has 320 valence electrons. The summed E-state index contributed by atoms with van der Waals surface area (Å²) in [6.07, 6.45) is 2.28. The van der Waals surface area contributed by atoms with Gasteiger partial charge in [0.1, 0.15) is 5.41 Å². The molecule has 0 aliphatic heterocycles. The van der Waals surface area contributed by atoms with E-state index in [-0.39, 0.29) is 25.7 Å². The molecule has 1 saturated carbocycles. The average Bonchev–Trinajstić information content (AvgIpc) is 3.30. The molecular formula is C58H54N2O4. The number of hydrogen-bond donors (Lipinski definition) is 4. The lowest BCUT2D eigenvalue weighted by atomic mass is 9.66. The van der Waals surface area contributed by atoms with Gasteiger partial charge >= 0.3 is 0 Å². The highest BCUT2D eigenvalue weighted by Gasteiger charge is 2.54. The highest BCUT2D eigenvalue weighted by atomic mass is 16.3. The van der Waals surface area contributed by atoms with E-state index in [1.54, 1.807) is 0 Å². The molecule has 0 spiro atoms. The number of rotatable bonds is 16. The number of nitrogens with one attached hydrogen (secondary N) is 2. The van der Waals surface area contributed by atoms with E-state index in [9.17, 15) is 10.2 Å². The third-order valence-corrected chi connectivity index (χ3v) is 13.4. The molecule has 0 bridgehead atoms. The molecule has 4 N–H and O–H groups in total. The number of carbonyl (C=O) groups is 2. The predicted molar refractivity (Wildman–Crippen MR) is 256 cm³/mol. The van der Waals surface area contributed by atoms with Gasteiger partial charge in [0.25, 0.3) is 0 Å². The molecule has 9 rings (SSSR count). The lowest BCUT2D eigenvalue weighted by Crippen LogP contribution is -2.61. The van der Waals surface area contributed by atoms with E-state index in [1.165, 1.54) is 0 Å². The summed E-state index contributed by atoms with van der Waals surface area (Å²) in [6, 6.07) is 65.6. The Labute approximate surface area is 375 Å². The van der Waals surface area contributed by atoms with E-state index >= 15 is 9.59 Å². The molecule has 6 nitrogen and oxygen atoms in total. The van der Waals surface area contributed by atoms with E-state index < -0.39 is 40.5 Å². The van der Waals surface area contributed by atoms with Crippen molar-refractivity contribution in [2.24, 2.45) is 5.41 Å². The summed E-state index contributed by atoms with van der Waals surface area (Å²) in [7, 11) is 0. The van der Waals surface area contributed by atoms with Crippen LogP contribution >= 0.6 is 0 Å². The summed E-state index contributed by atoms with van der Waals surface area (Å²) < 4.78 is 0. The Morgan fingerprint density at radius 2 is 0.719 bits per heavy atom. The first-order valence-corrected chi connectivity index (χ1v) is 22.4. The minimum atomic E-state index is -1.53. The average molecular weight is 843 g/mol. The minimum Gasteiger partial charge on any atom is -0.387 e. The summed E-state index contributed by atoms with van der Waals surface area (Å²) >= 11 is 0. The van der Waals surface area contributed by atoms with Crippen LogP contribution in [0.3, 0.4) is 0 Å². The van der Waals surface area contributed by atoms with Crippen molar-refractivity contribution >= 4 is 33.4 Å². The lowest BCUT2D eigenvalue weighted by Gasteiger charge is -2.45. The number of fused-ring (bicyclic) bond motifs is 2. The van der Waals surface area contributed by atoms with Crippen molar-refractivity contribution in [3.63, 3.8) is 0 Å². The van der Waals surface area contributed by atoms with Crippen molar-refractivity contribution in [1.29, 1.82) is 0 Å². The van der Waals surface area contributed by atoms with Crippen molar-refractivity contribution in [1.82, 2.24) is 10.6 Å². The van der Waals surface area contributed by atoms with Crippen LogP contribution in [0.5, 0.6) is 0 Å². The van der Waals surface area contributed by atoms with Crippen molar-refractivity contribution in [3.8, 4) is 0 Å². The largest absolute Gasteiger partial charge is 0.387 e. The van der Waals surface area contributed by atoms with E-state index in [0.29, 0.717) is 19.3 Å².